The van der Waals surface area contributed by atoms with Gasteiger partial charge in [-0.2, -0.15) is 0 Å². The Hall–Kier alpha value is -1.48. The average Bonchev–Trinajstić information content (AvgIpc) is 3.33. The van der Waals surface area contributed by atoms with E-state index in [0.29, 0.717) is 26.4 Å². The summed E-state index contributed by atoms with van der Waals surface area (Å²) in [6, 6.07) is 2.12. The zero-order chi connectivity index (χ0) is 18.3. The summed E-state index contributed by atoms with van der Waals surface area (Å²) in [7, 11) is 0. The number of ether oxygens (including phenoxy) is 4. The summed E-state index contributed by atoms with van der Waals surface area (Å²) in [5.74, 6) is 2.09. The Balaban J connectivity index is 1.27. The molecule has 148 valence electrons. The summed E-state index contributed by atoms with van der Waals surface area (Å²) in [4.78, 5) is 14.0. The minimum atomic E-state index is -0.357. The number of piperidine rings is 2. The van der Waals surface area contributed by atoms with Gasteiger partial charge in [-0.05, 0) is 6.92 Å². The second-order valence-electron chi connectivity index (χ2n) is 7.82. The van der Waals surface area contributed by atoms with E-state index in [2.05, 4.69) is 15.9 Å². The second-order valence-corrected chi connectivity index (χ2v) is 7.82. The minimum absolute atomic E-state index is 0.357. The van der Waals surface area contributed by atoms with E-state index in [1.54, 1.807) is 0 Å². The molecule has 0 aromatic carbocycles. The van der Waals surface area contributed by atoms with Crippen molar-refractivity contribution in [3.63, 3.8) is 0 Å². The summed E-state index contributed by atoms with van der Waals surface area (Å²) in [6.07, 6.45) is 3.52. The van der Waals surface area contributed by atoms with E-state index in [4.69, 9.17) is 28.9 Å². The van der Waals surface area contributed by atoms with Gasteiger partial charge in [0.05, 0.1) is 26.4 Å². The van der Waals surface area contributed by atoms with Gasteiger partial charge in [0.2, 0.25) is 0 Å². The quantitative estimate of drug-likeness (QED) is 0.769. The first-order chi connectivity index (χ1) is 13.2. The van der Waals surface area contributed by atoms with E-state index in [1.807, 2.05) is 6.92 Å². The molecule has 27 heavy (non-hydrogen) atoms. The van der Waals surface area contributed by atoms with Crippen LogP contribution in [-0.2, 0) is 18.9 Å². The van der Waals surface area contributed by atoms with Gasteiger partial charge in [-0.15, -0.1) is 0 Å². The normalized spacial score (nSPS) is 27.0. The lowest BCUT2D eigenvalue weighted by Gasteiger charge is -2.39. The van der Waals surface area contributed by atoms with E-state index < -0.39 is 0 Å². The number of nitrogens with zero attached hydrogens (tertiary/aromatic N) is 4. The fourth-order valence-corrected chi connectivity index (χ4v) is 4.58. The molecule has 0 amide bonds. The predicted molar refractivity (Wildman–Crippen MR) is 98.9 cm³/mol. The van der Waals surface area contributed by atoms with Crippen LogP contribution in [0.15, 0.2) is 6.07 Å². The van der Waals surface area contributed by atoms with Crippen molar-refractivity contribution in [2.75, 3.05) is 62.4 Å². The number of hydrogen-bond acceptors (Lipinski definition) is 8. The van der Waals surface area contributed by atoms with Gasteiger partial charge in [0.25, 0.3) is 0 Å². The third-order valence-corrected chi connectivity index (χ3v) is 6.14. The van der Waals surface area contributed by atoms with Crippen molar-refractivity contribution in [2.24, 2.45) is 0 Å². The van der Waals surface area contributed by atoms with E-state index in [9.17, 15) is 0 Å². The highest BCUT2D eigenvalue weighted by Crippen LogP contribution is 2.35. The molecule has 5 rings (SSSR count). The van der Waals surface area contributed by atoms with Gasteiger partial charge in [0.1, 0.15) is 17.5 Å². The fraction of sp³-hybridized carbons (Fsp3) is 0.789. The number of aryl methyl sites for hydroxylation is 1. The van der Waals surface area contributed by atoms with Crippen molar-refractivity contribution < 1.29 is 18.9 Å². The molecule has 0 bridgehead atoms. The van der Waals surface area contributed by atoms with Crippen LogP contribution in [0.5, 0.6) is 0 Å². The molecule has 1 aromatic heterocycles. The minimum Gasteiger partial charge on any atom is -0.356 e. The Bertz CT molecular complexity index is 614. The molecule has 4 saturated heterocycles. The van der Waals surface area contributed by atoms with Gasteiger partial charge in [-0.25, -0.2) is 9.97 Å². The van der Waals surface area contributed by atoms with Crippen LogP contribution in [0.3, 0.4) is 0 Å². The number of hydrogen-bond donors (Lipinski definition) is 0. The van der Waals surface area contributed by atoms with E-state index in [1.165, 1.54) is 0 Å². The molecule has 0 N–H and O–H groups in total. The lowest BCUT2D eigenvalue weighted by atomic mass is 10.0. The van der Waals surface area contributed by atoms with E-state index in [0.717, 1.165) is 69.3 Å². The maximum atomic E-state index is 5.84. The van der Waals surface area contributed by atoms with E-state index in [-0.39, 0.29) is 11.6 Å². The lowest BCUT2D eigenvalue weighted by Crippen LogP contribution is -2.46. The molecule has 4 aliphatic rings. The molecule has 2 spiro atoms. The van der Waals surface area contributed by atoms with Crippen molar-refractivity contribution in [3.8, 4) is 0 Å². The van der Waals surface area contributed by atoms with Gasteiger partial charge in [0, 0.05) is 57.9 Å². The first-order valence-electron chi connectivity index (χ1n) is 10.1. The molecule has 0 saturated carbocycles. The topological polar surface area (TPSA) is 69.2 Å². The smallest absolute Gasteiger partial charge is 0.171 e. The highest BCUT2D eigenvalue weighted by atomic mass is 16.7. The molecule has 0 atom stereocenters. The molecule has 1 aromatic rings. The first-order valence-corrected chi connectivity index (χ1v) is 10.1. The molecule has 0 radical (unpaired) electrons. The molecule has 8 heteroatoms. The summed E-state index contributed by atoms with van der Waals surface area (Å²) in [5, 5.41) is 0. The highest BCUT2D eigenvalue weighted by Gasteiger charge is 2.41. The van der Waals surface area contributed by atoms with Crippen LogP contribution >= 0.6 is 0 Å². The van der Waals surface area contributed by atoms with Crippen LogP contribution in [0.25, 0.3) is 0 Å². The van der Waals surface area contributed by atoms with Gasteiger partial charge in [-0.1, -0.05) is 0 Å². The first kappa shape index (κ1) is 17.6. The zero-order valence-corrected chi connectivity index (χ0v) is 16.0. The summed E-state index contributed by atoms with van der Waals surface area (Å²) in [5.41, 5.74) is 0. The Labute approximate surface area is 159 Å². The van der Waals surface area contributed by atoms with Gasteiger partial charge in [-0.3, -0.25) is 0 Å². The third-order valence-electron chi connectivity index (χ3n) is 6.14. The molecule has 5 heterocycles. The molecule has 4 aliphatic heterocycles. The van der Waals surface area contributed by atoms with Crippen molar-refractivity contribution in [1.29, 1.82) is 0 Å². The number of anilines is 2. The van der Waals surface area contributed by atoms with Crippen molar-refractivity contribution >= 4 is 11.6 Å². The van der Waals surface area contributed by atoms with Crippen molar-refractivity contribution in [2.45, 2.75) is 44.2 Å². The third kappa shape index (κ3) is 3.40. The standard InChI is InChI=1S/C19H28N4O4/c1-15-20-16(22-6-2-18(3-7-22)24-10-11-25-18)14-17(21-15)23-8-4-19(5-9-23)26-12-13-27-19/h14H,2-13H2,1H3. The van der Waals surface area contributed by atoms with Crippen LogP contribution in [0.4, 0.5) is 11.6 Å². The van der Waals surface area contributed by atoms with Crippen LogP contribution in [-0.4, -0.2) is 74.1 Å². The number of rotatable bonds is 2. The Morgan fingerprint density at radius 2 is 1.07 bits per heavy atom. The molecular weight excluding hydrogens is 348 g/mol. The van der Waals surface area contributed by atoms with Crippen LogP contribution < -0.4 is 9.80 Å². The summed E-state index contributed by atoms with van der Waals surface area (Å²) in [6.45, 7) is 8.36. The summed E-state index contributed by atoms with van der Waals surface area (Å²) < 4.78 is 23.4. The Morgan fingerprint density at radius 1 is 0.704 bits per heavy atom. The maximum absolute atomic E-state index is 5.84. The van der Waals surface area contributed by atoms with Crippen molar-refractivity contribution in [3.05, 3.63) is 11.9 Å². The van der Waals surface area contributed by atoms with Gasteiger partial charge < -0.3 is 28.7 Å². The molecule has 4 fully saturated rings. The SMILES string of the molecule is Cc1nc(N2CCC3(CC2)OCCO3)cc(N2CCC3(CC2)OCCO3)n1. The van der Waals surface area contributed by atoms with E-state index >= 15 is 0 Å². The second kappa shape index (κ2) is 6.84. The van der Waals surface area contributed by atoms with Crippen LogP contribution in [0, 0.1) is 6.92 Å². The van der Waals surface area contributed by atoms with Gasteiger partial charge >= 0.3 is 0 Å². The Kier molecular flexibility index (Phi) is 4.46. The molecular formula is C19H28N4O4. The number of aromatic nitrogens is 2. The van der Waals surface area contributed by atoms with Crippen molar-refractivity contribution in [1.82, 2.24) is 9.97 Å². The molecule has 0 unspecified atom stereocenters. The zero-order valence-electron chi connectivity index (χ0n) is 16.0. The van der Waals surface area contributed by atoms with Crippen LogP contribution in [0.2, 0.25) is 0 Å². The monoisotopic (exact) mass is 376 g/mol. The average molecular weight is 376 g/mol. The predicted octanol–water partition coefficient (Wildman–Crippen LogP) is 1.47. The lowest BCUT2D eigenvalue weighted by molar-refractivity contribution is -0.169. The maximum Gasteiger partial charge on any atom is 0.171 e. The van der Waals surface area contributed by atoms with Gasteiger partial charge in [0.15, 0.2) is 11.6 Å². The highest BCUT2D eigenvalue weighted by molar-refractivity contribution is 5.51. The summed E-state index contributed by atoms with van der Waals surface area (Å²) >= 11 is 0. The largest absolute Gasteiger partial charge is 0.356 e. The fourth-order valence-electron chi connectivity index (χ4n) is 4.58. The van der Waals surface area contributed by atoms with Crippen LogP contribution in [0.1, 0.15) is 31.5 Å². The molecule has 0 aliphatic carbocycles. The Morgan fingerprint density at radius 3 is 1.44 bits per heavy atom. The molecule has 8 nitrogen and oxygen atoms in total.